The second-order valence-corrected chi connectivity index (χ2v) is 5.66. The minimum absolute atomic E-state index is 0.000661. The lowest BCUT2D eigenvalue weighted by Crippen LogP contribution is -2.32. The van der Waals surface area contributed by atoms with Crippen LogP contribution in [0, 0.1) is 5.82 Å². The van der Waals surface area contributed by atoms with Gasteiger partial charge in [0.15, 0.2) is 0 Å². The topological polar surface area (TPSA) is 85.8 Å². The third kappa shape index (κ3) is 3.80. The number of anilines is 1. The van der Waals surface area contributed by atoms with E-state index in [0.29, 0.717) is 17.8 Å². The maximum absolute atomic E-state index is 13.3. The summed E-state index contributed by atoms with van der Waals surface area (Å²) < 4.78 is 14.7. The van der Waals surface area contributed by atoms with Crippen molar-refractivity contribution < 1.29 is 9.18 Å². The van der Waals surface area contributed by atoms with Gasteiger partial charge in [0.25, 0.3) is 0 Å². The van der Waals surface area contributed by atoms with Crippen LogP contribution in [0.5, 0.6) is 0 Å². The van der Waals surface area contributed by atoms with Crippen LogP contribution in [0.25, 0.3) is 0 Å². The Morgan fingerprint density at radius 1 is 1.55 bits per heavy atom. The fraction of sp³-hybridized carbons (Fsp3) is 0.357. The number of halogens is 2. The molecule has 1 unspecified atom stereocenters. The molecule has 6 nitrogen and oxygen atoms in total. The van der Waals surface area contributed by atoms with Crippen LogP contribution >= 0.6 is 11.6 Å². The van der Waals surface area contributed by atoms with Gasteiger partial charge in [-0.15, -0.1) is 5.10 Å². The van der Waals surface area contributed by atoms with E-state index in [0.717, 1.165) is 6.07 Å². The molecule has 1 atom stereocenters. The second kappa shape index (κ2) is 6.41. The molecule has 118 valence electrons. The molecular formula is C14H17ClFN5O. The zero-order valence-electron chi connectivity index (χ0n) is 12.3. The van der Waals surface area contributed by atoms with Gasteiger partial charge in [0.2, 0.25) is 5.91 Å². The molecule has 0 saturated heterocycles. The molecule has 0 radical (unpaired) electrons. The zero-order valence-corrected chi connectivity index (χ0v) is 13.1. The molecule has 1 aromatic heterocycles. The molecule has 0 aliphatic heterocycles. The molecule has 0 saturated carbocycles. The van der Waals surface area contributed by atoms with Crippen molar-refractivity contribution in [2.24, 2.45) is 5.73 Å². The minimum atomic E-state index is -0.593. The first-order chi connectivity index (χ1) is 10.3. The predicted molar refractivity (Wildman–Crippen MR) is 81.9 cm³/mol. The van der Waals surface area contributed by atoms with Crippen molar-refractivity contribution in [3.63, 3.8) is 0 Å². The van der Waals surface area contributed by atoms with E-state index >= 15 is 0 Å². The number of benzene rings is 1. The lowest BCUT2D eigenvalue weighted by Gasteiger charge is -2.18. The first-order valence-electron chi connectivity index (χ1n) is 6.76. The monoisotopic (exact) mass is 325 g/mol. The Balaban J connectivity index is 2.02. The highest BCUT2D eigenvalue weighted by Gasteiger charge is 2.22. The fourth-order valence-electron chi connectivity index (χ4n) is 1.74. The standard InChI is InChI=1S/C14H17ClFN5O/c1-3-14(2,17)12-7-21(20-19-12)8-13(22)18-9-4-5-10(15)11(16)6-9/h4-7H,3,8,17H2,1-2H3,(H,18,22). The highest BCUT2D eigenvalue weighted by atomic mass is 35.5. The fourth-order valence-corrected chi connectivity index (χ4v) is 1.86. The summed E-state index contributed by atoms with van der Waals surface area (Å²) in [6, 6.07) is 4.05. The second-order valence-electron chi connectivity index (χ2n) is 5.25. The number of hydrogen-bond acceptors (Lipinski definition) is 4. The molecule has 0 spiro atoms. The van der Waals surface area contributed by atoms with E-state index in [2.05, 4.69) is 15.6 Å². The number of amides is 1. The third-order valence-electron chi connectivity index (χ3n) is 3.37. The molecule has 1 amide bonds. The summed E-state index contributed by atoms with van der Waals surface area (Å²) in [4.78, 5) is 11.9. The van der Waals surface area contributed by atoms with Crippen molar-refractivity contribution in [3.8, 4) is 0 Å². The van der Waals surface area contributed by atoms with Crippen molar-refractivity contribution in [3.05, 3.63) is 40.9 Å². The molecule has 22 heavy (non-hydrogen) atoms. The maximum atomic E-state index is 13.3. The van der Waals surface area contributed by atoms with Crippen molar-refractivity contribution in [2.75, 3.05) is 5.32 Å². The van der Waals surface area contributed by atoms with Crippen LogP contribution in [0.2, 0.25) is 5.02 Å². The maximum Gasteiger partial charge on any atom is 0.246 e. The number of hydrogen-bond donors (Lipinski definition) is 2. The van der Waals surface area contributed by atoms with E-state index in [1.54, 1.807) is 6.20 Å². The summed E-state index contributed by atoms with van der Waals surface area (Å²) in [5, 5.41) is 10.4. The first-order valence-corrected chi connectivity index (χ1v) is 7.14. The van der Waals surface area contributed by atoms with Crippen LogP contribution in [0.4, 0.5) is 10.1 Å². The zero-order chi connectivity index (χ0) is 16.3. The van der Waals surface area contributed by atoms with Crippen LogP contribution in [-0.2, 0) is 16.9 Å². The largest absolute Gasteiger partial charge is 0.324 e. The molecule has 1 aromatic carbocycles. The first kappa shape index (κ1) is 16.4. The molecule has 0 fully saturated rings. The van der Waals surface area contributed by atoms with E-state index in [9.17, 15) is 9.18 Å². The summed E-state index contributed by atoms with van der Waals surface area (Å²) in [5.74, 6) is -0.947. The van der Waals surface area contributed by atoms with Crippen molar-refractivity contribution in [2.45, 2.75) is 32.4 Å². The van der Waals surface area contributed by atoms with Crippen molar-refractivity contribution in [1.29, 1.82) is 0 Å². The molecular weight excluding hydrogens is 309 g/mol. The Morgan fingerprint density at radius 2 is 2.27 bits per heavy atom. The summed E-state index contributed by atoms with van der Waals surface area (Å²) >= 11 is 5.58. The minimum Gasteiger partial charge on any atom is -0.324 e. The van der Waals surface area contributed by atoms with Crippen LogP contribution in [0.1, 0.15) is 26.0 Å². The number of aromatic nitrogens is 3. The number of nitrogens with one attached hydrogen (secondary N) is 1. The summed E-state index contributed by atoms with van der Waals surface area (Å²) in [6.45, 7) is 3.75. The lowest BCUT2D eigenvalue weighted by atomic mass is 9.97. The molecule has 8 heteroatoms. The number of carbonyl (C=O) groups is 1. The van der Waals surface area contributed by atoms with E-state index < -0.39 is 11.4 Å². The van der Waals surface area contributed by atoms with Gasteiger partial charge in [-0.2, -0.15) is 0 Å². The molecule has 2 aromatic rings. The molecule has 3 N–H and O–H groups in total. The van der Waals surface area contributed by atoms with Crippen LogP contribution < -0.4 is 11.1 Å². The van der Waals surface area contributed by atoms with Crippen LogP contribution in [-0.4, -0.2) is 20.9 Å². The number of nitrogens with two attached hydrogens (primary N) is 1. The van der Waals surface area contributed by atoms with Gasteiger partial charge >= 0.3 is 0 Å². The van der Waals surface area contributed by atoms with Gasteiger partial charge in [-0.3, -0.25) is 4.79 Å². The smallest absolute Gasteiger partial charge is 0.246 e. The van der Waals surface area contributed by atoms with Gasteiger partial charge < -0.3 is 11.1 Å². The Hall–Kier alpha value is -1.99. The number of nitrogens with zero attached hydrogens (tertiary/aromatic N) is 3. The highest BCUT2D eigenvalue weighted by molar-refractivity contribution is 6.30. The van der Waals surface area contributed by atoms with E-state index in [1.807, 2.05) is 13.8 Å². The van der Waals surface area contributed by atoms with E-state index in [4.69, 9.17) is 17.3 Å². The summed E-state index contributed by atoms with van der Waals surface area (Å²) in [6.07, 6.45) is 2.33. The van der Waals surface area contributed by atoms with Gasteiger partial charge in [-0.25, -0.2) is 9.07 Å². The van der Waals surface area contributed by atoms with Gasteiger partial charge in [-0.05, 0) is 31.5 Å². The predicted octanol–water partition coefficient (Wildman–Crippen LogP) is 2.29. The molecule has 0 bridgehead atoms. The SMILES string of the molecule is CCC(C)(N)c1cn(CC(=O)Nc2ccc(Cl)c(F)c2)nn1. The number of carbonyl (C=O) groups excluding carboxylic acids is 1. The van der Waals surface area contributed by atoms with Crippen LogP contribution in [0.3, 0.4) is 0 Å². The third-order valence-corrected chi connectivity index (χ3v) is 3.67. The molecule has 0 aliphatic carbocycles. The van der Waals surface area contributed by atoms with Crippen LogP contribution in [0.15, 0.2) is 24.4 Å². The van der Waals surface area contributed by atoms with Gasteiger partial charge in [0, 0.05) is 5.69 Å². The Bertz CT molecular complexity index is 686. The quantitative estimate of drug-likeness (QED) is 0.883. The van der Waals surface area contributed by atoms with Crippen molar-refractivity contribution in [1.82, 2.24) is 15.0 Å². The Morgan fingerprint density at radius 3 is 2.91 bits per heavy atom. The average Bonchev–Trinajstić information content (AvgIpc) is 2.92. The molecule has 0 aliphatic rings. The lowest BCUT2D eigenvalue weighted by molar-refractivity contribution is -0.116. The van der Waals surface area contributed by atoms with Crippen molar-refractivity contribution >= 4 is 23.2 Å². The van der Waals surface area contributed by atoms with Gasteiger partial charge in [-0.1, -0.05) is 23.7 Å². The molecule has 1 heterocycles. The highest BCUT2D eigenvalue weighted by Crippen LogP contribution is 2.19. The Labute approximate surface area is 132 Å². The number of rotatable bonds is 5. The summed E-state index contributed by atoms with van der Waals surface area (Å²) in [5.41, 5.74) is 6.41. The average molecular weight is 326 g/mol. The molecule has 2 rings (SSSR count). The normalized spacial score (nSPS) is 13.7. The Kier molecular flexibility index (Phi) is 4.77. The van der Waals surface area contributed by atoms with E-state index in [-0.39, 0.29) is 17.5 Å². The van der Waals surface area contributed by atoms with Gasteiger partial charge in [0.05, 0.1) is 16.8 Å². The summed E-state index contributed by atoms with van der Waals surface area (Å²) in [7, 11) is 0. The van der Waals surface area contributed by atoms with Gasteiger partial charge in [0.1, 0.15) is 18.1 Å². The van der Waals surface area contributed by atoms with E-state index in [1.165, 1.54) is 16.8 Å².